The second kappa shape index (κ2) is 8.43. The molecule has 0 radical (unpaired) electrons. The van der Waals surface area contributed by atoms with E-state index in [1.165, 1.54) is 18.5 Å². The van der Waals surface area contributed by atoms with Crippen molar-refractivity contribution < 1.29 is 9.47 Å². The summed E-state index contributed by atoms with van der Waals surface area (Å²) >= 11 is 0. The van der Waals surface area contributed by atoms with Gasteiger partial charge < -0.3 is 14.8 Å². The van der Waals surface area contributed by atoms with Crippen LogP contribution in [0.2, 0.25) is 0 Å². The topological polar surface area (TPSA) is 33.7 Å². The fourth-order valence-corrected chi connectivity index (χ4v) is 4.11. The molecule has 2 unspecified atom stereocenters. The van der Waals surface area contributed by atoms with Crippen molar-refractivity contribution >= 4 is 0 Å². The van der Waals surface area contributed by atoms with Crippen LogP contribution in [0.1, 0.15) is 31.7 Å². The smallest absolute Gasteiger partial charge is 0.0846 e. The second-order valence-corrected chi connectivity index (χ2v) is 7.60. The molecule has 2 fully saturated rings. The van der Waals surface area contributed by atoms with Gasteiger partial charge in [0.25, 0.3) is 0 Å². The Morgan fingerprint density at radius 3 is 2.67 bits per heavy atom. The largest absolute Gasteiger partial charge is 0.381 e. The van der Waals surface area contributed by atoms with E-state index in [-0.39, 0.29) is 5.60 Å². The highest BCUT2D eigenvalue weighted by Crippen LogP contribution is 2.25. The lowest BCUT2D eigenvalue weighted by Crippen LogP contribution is -2.54. The second-order valence-electron chi connectivity index (χ2n) is 7.60. The first-order chi connectivity index (χ1) is 11.7. The molecule has 1 aromatic rings. The van der Waals surface area contributed by atoms with Gasteiger partial charge in [0.1, 0.15) is 0 Å². The van der Waals surface area contributed by atoms with Gasteiger partial charge in [0, 0.05) is 65.4 Å². The molecule has 4 nitrogen and oxygen atoms in total. The summed E-state index contributed by atoms with van der Waals surface area (Å²) in [6.45, 7) is 8.29. The SMILES string of the molecule is COC1(CNC2CC(C)CN(Cc3ccccc3)C2)CCOCC1. The number of hydrogen-bond donors (Lipinski definition) is 1. The number of hydrogen-bond acceptors (Lipinski definition) is 4. The Kier molecular flexibility index (Phi) is 6.28. The fraction of sp³-hybridized carbons (Fsp3) is 0.700. The van der Waals surface area contributed by atoms with Gasteiger partial charge in [0.15, 0.2) is 0 Å². The predicted octanol–water partition coefficient (Wildman–Crippen LogP) is 2.68. The van der Waals surface area contributed by atoms with Gasteiger partial charge in [-0.25, -0.2) is 0 Å². The number of nitrogens with zero attached hydrogens (tertiary/aromatic N) is 1. The molecule has 24 heavy (non-hydrogen) atoms. The maximum atomic E-state index is 5.86. The van der Waals surface area contributed by atoms with Crippen LogP contribution in [-0.4, -0.2) is 56.5 Å². The lowest BCUT2D eigenvalue weighted by molar-refractivity contribution is -0.0896. The van der Waals surface area contributed by atoms with Crippen LogP contribution in [-0.2, 0) is 16.0 Å². The van der Waals surface area contributed by atoms with Gasteiger partial charge in [-0.3, -0.25) is 4.90 Å². The maximum Gasteiger partial charge on any atom is 0.0846 e. The van der Waals surface area contributed by atoms with Gasteiger partial charge in [-0.2, -0.15) is 0 Å². The first-order valence-electron chi connectivity index (χ1n) is 9.32. The van der Waals surface area contributed by atoms with E-state index in [9.17, 15) is 0 Å². The highest BCUT2D eigenvalue weighted by atomic mass is 16.5. The van der Waals surface area contributed by atoms with Crippen molar-refractivity contribution in [2.24, 2.45) is 5.92 Å². The van der Waals surface area contributed by atoms with Crippen LogP contribution in [0.5, 0.6) is 0 Å². The molecule has 2 aliphatic rings. The molecule has 1 aromatic carbocycles. The van der Waals surface area contributed by atoms with Crippen molar-refractivity contribution in [3.05, 3.63) is 35.9 Å². The number of nitrogens with one attached hydrogen (secondary N) is 1. The molecular formula is C20H32N2O2. The lowest BCUT2D eigenvalue weighted by atomic mass is 9.91. The maximum absolute atomic E-state index is 5.86. The van der Waals surface area contributed by atoms with E-state index in [1.54, 1.807) is 0 Å². The number of piperidine rings is 1. The summed E-state index contributed by atoms with van der Waals surface area (Å²) < 4.78 is 11.4. The van der Waals surface area contributed by atoms with Crippen LogP contribution in [0.4, 0.5) is 0 Å². The monoisotopic (exact) mass is 332 g/mol. The van der Waals surface area contributed by atoms with Crippen molar-refractivity contribution in [1.29, 1.82) is 0 Å². The average Bonchev–Trinajstić information content (AvgIpc) is 2.61. The summed E-state index contributed by atoms with van der Waals surface area (Å²) in [4.78, 5) is 2.59. The molecule has 0 aromatic heterocycles. The van der Waals surface area contributed by atoms with Crippen molar-refractivity contribution in [1.82, 2.24) is 10.2 Å². The first-order valence-corrected chi connectivity index (χ1v) is 9.32. The van der Waals surface area contributed by atoms with Gasteiger partial charge in [0.2, 0.25) is 0 Å². The van der Waals surface area contributed by atoms with Gasteiger partial charge in [-0.1, -0.05) is 37.3 Å². The quantitative estimate of drug-likeness (QED) is 0.868. The van der Waals surface area contributed by atoms with E-state index in [0.717, 1.165) is 51.6 Å². The summed E-state index contributed by atoms with van der Waals surface area (Å²) in [6.07, 6.45) is 3.24. The average molecular weight is 332 g/mol. The third-order valence-electron chi connectivity index (χ3n) is 5.53. The Labute approximate surface area is 146 Å². The van der Waals surface area contributed by atoms with E-state index < -0.39 is 0 Å². The van der Waals surface area contributed by atoms with Crippen LogP contribution in [0.15, 0.2) is 30.3 Å². The van der Waals surface area contributed by atoms with E-state index >= 15 is 0 Å². The summed E-state index contributed by atoms with van der Waals surface area (Å²) in [5.41, 5.74) is 1.37. The van der Waals surface area contributed by atoms with Crippen molar-refractivity contribution in [3.63, 3.8) is 0 Å². The lowest BCUT2D eigenvalue weighted by Gasteiger charge is -2.41. The standard InChI is InChI=1S/C20H32N2O2/c1-17-12-19(21-16-20(23-2)8-10-24-11-9-20)15-22(13-17)14-18-6-4-3-5-7-18/h3-7,17,19,21H,8-16H2,1-2H3. The van der Waals surface area contributed by atoms with Crippen molar-refractivity contribution in [3.8, 4) is 0 Å². The Morgan fingerprint density at radius 2 is 1.96 bits per heavy atom. The molecule has 1 N–H and O–H groups in total. The van der Waals surface area contributed by atoms with Gasteiger partial charge in [0.05, 0.1) is 5.60 Å². The molecule has 2 aliphatic heterocycles. The third kappa shape index (κ3) is 4.79. The van der Waals surface area contributed by atoms with E-state index in [2.05, 4.69) is 47.5 Å². The minimum absolute atomic E-state index is 0.0385. The zero-order valence-electron chi connectivity index (χ0n) is 15.2. The number of methoxy groups -OCH3 is 1. The molecule has 2 saturated heterocycles. The number of rotatable bonds is 6. The van der Waals surface area contributed by atoms with Crippen molar-refractivity contribution in [2.75, 3.05) is 40.0 Å². The summed E-state index contributed by atoms with van der Waals surface area (Å²) in [5, 5.41) is 3.81. The highest BCUT2D eigenvalue weighted by molar-refractivity contribution is 5.14. The van der Waals surface area contributed by atoms with Crippen LogP contribution >= 0.6 is 0 Å². The fourth-order valence-electron chi connectivity index (χ4n) is 4.11. The van der Waals surface area contributed by atoms with Crippen LogP contribution < -0.4 is 5.32 Å². The van der Waals surface area contributed by atoms with E-state index in [1.807, 2.05) is 7.11 Å². The predicted molar refractivity (Wildman–Crippen MR) is 97.1 cm³/mol. The normalized spacial score (nSPS) is 27.9. The van der Waals surface area contributed by atoms with Crippen LogP contribution in [0.25, 0.3) is 0 Å². The zero-order chi connectivity index (χ0) is 16.8. The number of benzene rings is 1. The van der Waals surface area contributed by atoms with Gasteiger partial charge in [-0.15, -0.1) is 0 Å². The third-order valence-corrected chi connectivity index (χ3v) is 5.53. The molecule has 4 heteroatoms. The molecule has 2 heterocycles. The zero-order valence-corrected chi connectivity index (χ0v) is 15.2. The summed E-state index contributed by atoms with van der Waals surface area (Å²) in [6, 6.07) is 11.3. The van der Waals surface area contributed by atoms with Gasteiger partial charge >= 0.3 is 0 Å². The minimum Gasteiger partial charge on any atom is -0.381 e. The van der Waals surface area contributed by atoms with Crippen molar-refractivity contribution in [2.45, 2.75) is 44.4 Å². The minimum atomic E-state index is -0.0385. The van der Waals surface area contributed by atoms with E-state index in [0.29, 0.717) is 6.04 Å². The highest BCUT2D eigenvalue weighted by Gasteiger charge is 2.34. The Balaban J connectivity index is 1.53. The van der Waals surface area contributed by atoms with Gasteiger partial charge in [-0.05, 0) is 17.9 Å². The number of likely N-dealkylation sites (tertiary alicyclic amines) is 1. The number of ether oxygens (including phenoxy) is 2. The molecule has 0 bridgehead atoms. The molecule has 134 valence electrons. The molecule has 0 amide bonds. The van der Waals surface area contributed by atoms with Crippen LogP contribution in [0.3, 0.4) is 0 Å². The Morgan fingerprint density at radius 1 is 1.21 bits per heavy atom. The molecular weight excluding hydrogens is 300 g/mol. The molecule has 0 spiro atoms. The summed E-state index contributed by atoms with van der Waals surface area (Å²) in [5.74, 6) is 0.730. The molecule has 2 atom stereocenters. The Hall–Kier alpha value is -0.940. The molecule has 0 saturated carbocycles. The van der Waals surface area contributed by atoms with E-state index in [4.69, 9.17) is 9.47 Å². The Bertz CT molecular complexity index is 488. The van der Waals surface area contributed by atoms with Crippen LogP contribution in [0, 0.1) is 5.92 Å². The molecule has 3 rings (SSSR count). The molecule has 0 aliphatic carbocycles. The summed E-state index contributed by atoms with van der Waals surface area (Å²) in [7, 11) is 1.85. The first kappa shape index (κ1) is 17.9.